The molecule has 0 N–H and O–H groups in total. The first-order valence-electron chi connectivity index (χ1n) is 16.6. The number of hydrogen-bond acceptors (Lipinski definition) is 2. The maximum Gasteiger partial charge on any atom is 0.130 e. The summed E-state index contributed by atoms with van der Waals surface area (Å²) in [5.74, 6) is 1.88. The van der Waals surface area contributed by atoms with E-state index in [0.717, 1.165) is 22.6 Å². The molecule has 0 aliphatic rings. The summed E-state index contributed by atoms with van der Waals surface area (Å²) in [6, 6.07) is 9.27. The van der Waals surface area contributed by atoms with Crippen LogP contribution in [0.3, 0.4) is 0 Å². The molecule has 0 amide bonds. The van der Waals surface area contributed by atoms with Crippen molar-refractivity contribution in [2.45, 2.75) is 173 Å². The first kappa shape index (κ1) is 44.5. The van der Waals surface area contributed by atoms with E-state index in [9.17, 15) is 0 Å². The second-order valence-electron chi connectivity index (χ2n) is 14.6. The van der Waals surface area contributed by atoms with E-state index in [0.29, 0.717) is 0 Å². The van der Waals surface area contributed by atoms with Crippen LogP contribution in [0.4, 0.5) is 0 Å². The fourth-order valence-electron chi connectivity index (χ4n) is 4.08. The number of benzene rings is 2. The van der Waals surface area contributed by atoms with Gasteiger partial charge in [0.1, 0.15) is 11.5 Å². The first-order chi connectivity index (χ1) is 19.1. The van der Waals surface area contributed by atoms with Gasteiger partial charge in [-0.1, -0.05) is 163 Å². The van der Waals surface area contributed by atoms with Gasteiger partial charge in [-0.2, -0.15) is 0 Å². The maximum absolute atomic E-state index is 6.12. The van der Waals surface area contributed by atoms with Crippen LogP contribution in [0.15, 0.2) is 24.3 Å². The van der Waals surface area contributed by atoms with Crippen molar-refractivity contribution < 1.29 is 9.47 Å². The van der Waals surface area contributed by atoms with Gasteiger partial charge in [-0.15, -0.1) is 0 Å². The van der Waals surface area contributed by atoms with Gasteiger partial charge in [0.05, 0.1) is 14.2 Å². The zero-order chi connectivity index (χ0) is 34.3. The van der Waals surface area contributed by atoms with Crippen molar-refractivity contribution in [2.24, 2.45) is 0 Å². The maximum atomic E-state index is 6.12. The molecule has 0 aliphatic heterocycles. The SMILES string of the molecule is CC.CC.CCC.CCC.COc1c(-c2cc(C(C)(C)C)cc(C(C)(C)C)c2OC)cc(C(C)(C)C)cc1C(C)(C)C. The van der Waals surface area contributed by atoms with Crippen LogP contribution < -0.4 is 9.47 Å². The molecule has 0 heterocycles. The molecule has 0 atom stereocenters. The van der Waals surface area contributed by atoms with E-state index in [4.69, 9.17) is 9.47 Å². The predicted molar refractivity (Wildman–Crippen MR) is 194 cm³/mol. The second-order valence-corrected chi connectivity index (χ2v) is 14.6. The van der Waals surface area contributed by atoms with Crippen LogP contribution in [-0.2, 0) is 21.7 Å². The van der Waals surface area contributed by atoms with Crippen molar-refractivity contribution >= 4 is 0 Å². The minimum absolute atomic E-state index is 0.0166. The molecule has 0 fully saturated rings. The van der Waals surface area contributed by atoms with Crippen LogP contribution in [0.2, 0.25) is 0 Å². The first-order valence-corrected chi connectivity index (χ1v) is 16.6. The summed E-state index contributed by atoms with van der Waals surface area (Å²) in [4.78, 5) is 0. The van der Waals surface area contributed by atoms with E-state index < -0.39 is 0 Å². The van der Waals surface area contributed by atoms with Gasteiger partial charge in [-0.25, -0.2) is 0 Å². The van der Waals surface area contributed by atoms with Gasteiger partial charge in [0, 0.05) is 22.3 Å². The van der Waals surface area contributed by atoms with Crippen molar-refractivity contribution in [3.63, 3.8) is 0 Å². The number of methoxy groups -OCH3 is 2. The molecule has 0 aliphatic carbocycles. The molecule has 2 aromatic carbocycles. The highest BCUT2D eigenvalue weighted by Crippen LogP contribution is 2.48. The van der Waals surface area contributed by atoms with Crippen molar-refractivity contribution in [1.82, 2.24) is 0 Å². The van der Waals surface area contributed by atoms with Crippen molar-refractivity contribution in [3.8, 4) is 22.6 Å². The van der Waals surface area contributed by atoms with Crippen LogP contribution in [0.25, 0.3) is 11.1 Å². The molecular weight excluding hydrogens is 512 g/mol. The highest BCUT2D eigenvalue weighted by Gasteiger charge is 2.31. The summed E-state index contributed by atoms with van der Waals surface area (Å²) in [7, 11) is 3.57. The van der Waals surface area contributed by atoms with Crippen LogP contribution >= 0.6 is 0 Å². The summed E-state index contributed by atoms with van der Waals surface area (Å²) in [5.41, 5.74) is 7.21. The molecule has 2 heteroatoms. The van der Waals surface area contributed by atoms with Gasteiger partial charge in [-0.3, -0.25) is 0 Å². The third-order valence-electron chi connectivity index (χ3n) is 6.22. The van der Waals surface area contributed by atoms with Gasteiger partial charge in [-0.05, 0) is 44.9 Å². The Kier molecular flexibility index (Phi) is 20.5. The molecule has 2 nitrogen and oxygen atoms in total. The van der Waals surface area contributed by atoms with E-state index in [1.54, 1.807) is 14.2 Å². The Balaban J connectivity index is -0.00000135. The van der Waals surface area contributed by atoms with E-state index in [2.05, 4.69) is 135 Å². The number of hydrogen-bond donors (Lipinski definition) is 0. The highest BCUT2D eigenvalue weighted by atomic mass is 16.5. The summed E-state index contributed by atoms with van der Waals surface area (Å²) in [5, 5.41) is 0. The molecular formula is C40H74O2. The molecule has 42 heavy (non-hydrogen) atoms. The zero-order valence-corrected chi connectivity index (χ0v) is 32.5. The third kappa shape index (κ3) is 13.6. The van der Waals surface area contributed by atoms with E-state index in [-0.39, 0.29) is 21.7 Å². The Morgan fingerprint density at radius 3 is 0.786 bits per heavy atom. The summed E-state index contributed by atoms with van der Waals surface area (Å²) in [6.07, 6.45) is 2.50. The van der Waals surface area contributed by atoms with Crippen molar-refractivity contribution in [3.05, 3.63) is 46.5 Å². The quantitative estimate of drug-likeness (QED) is 0.356. The zero-order valence-electron chi connectivity index (χ0n) is 32.5. The average molecular weight is 587 g/mol. The van der Waals surface area contributed by atoms with Crippen LogP contribution in [0.5, 0.6) is 11.5 Å². The smallest absolute Gasteiger partial charge is 0.130 e. The summed E-state index contributed by atoms with van der Waals surface area (Å²) < 4.78 is 12.2. The second kappa shape index (κ2) is 19.3. The summed E-state index contributed by atoms with van der Waals surface area (Å²) >= 11 is 0. The Labute approximate surface area is 265 Å². The molecule has 0 aromatic heterocycles. The normalized spacial score (nSPS) is 11.3. The van der Waals surface area contributed by atoms with Crippen LogP contribution in [0.1, 0.15) is 174 Å². The Morgan fingerprint density at radius 1 is 0.429 bits per heavy atom. The molecule has 0 spiro atoms. The van der Waals surface area contributed by atoms with Crippen LogP contribution in [0, 0.1) is 0 Å². The fourth-order valence-corrected chi connectivity index (χ4v) is 4.08. The molecule has 0 saturated heterocycles. The lowest BCUT2D eigenvalue weighted by molar-refractivity contribution is 0.391. The minimum Gasteiger partial charge on any atom is -0.496 e. The summed E-state index contributed by atoms with van der Waals surface area (Å²) in [6.45, 7) is 43.7. The molecule has 0 radical (unpaired) electrons. The topological polar surface area (TPSA) is 18.5 Å². The number of rotatable bonds is 3. The van der Waals surface area contributed by atoms with E-state index in [1.165, 1.54) is 35.1 Å². The lowest BCUT2D eigenvalue weighted by atomic mass is 9.75. The monoisotopic (exact) mass is 587 g/mol. The van der Waals surface area contributed by atoms with E-state index >= 15 is 0 Å². The molecule has 0 unspecified atom stereocenters. The van der Waals surface area contributed by atoms with Gasteiger partial charge < -0.3 is 9.47 Å². The van der Waals surface area contributed by atoms with Crippen molar-refractivity contribution in [2.75, 3.05) is 14.2 Å². The number of ether oxygens (including phenoxy) is 2. The molecule has 246 valence electrons. The molecule has 0 bridgehead atoms. The molecule has 2 rings (SSSR count). The predicted octanol–water partition coefficient (Wildman–Crippen LogP) is 13.4. The Hall–Kier alpha value is -1.96. The van der Waals surface area contributed by atoms with Gasteiger partial charge in [0.2, 0.25) is 0 Å². The standard InChI is InChI=1S/C30H46O2.2C3H8.2C2H6/c1-27(2,3)19-15-21(25(31-13)23(17-19)29(7,8)9)22-16-20(28(4,5)6)18-24(26(22)32-14)30(10,11)12;2*1-3-2;2*1-2/h15-18H,1-14H3;2*3H2,1-2H3;2*1-2H3. The third-order valence-corrected chi connectivity index (χ3v) is 6.22. The fraction of sp³-hybridized carbons (Fsp3) is 0.700. The Morgan fingerprint density at radius 2 is 0.643 bits per heavy atom. The van der Waals surface area contributed by atoms with E-state index in [1.807, 2.05) is 27.7 Å². The lowest BCUT2D eigenvalue weighted by Gasteiger charge is -2.32. The molecule has 2 aromatic rings. The van der Waals surface area contributed by atoms with Gasteiger partial charge in [0.25, 0.3) is 0 Å². The molecule has 0 saturated carbocycles. The lowest BCUT2D eigenvalue weighted by Crippen LogP contribution is -2.20. The average Bonchev–Trinajstić information content (AvgIpc) is 2.88. The van der Waals surface area contributed by atoms with Gasteiger partial charge in [0.15, 0.2) is 0 Å². The van der Waals surface area contributed by atoms with Crippen molar-refractivity contribution in [1.29, 1.82) is 0 Å². The largest absolute Gasteiger partial charge is 0.496 e. The van der Waals surface area contributed by atoms with Gasteiger partial charge >= 0.3 is 0 Å². The van der Waals surface area contributed by atoms with Crippen LogP contribution in [-0.4, -0.2) is 14.2 Å². The highest BCUT2D eigenvalue weighted by molar-refractivity contribution is 5.81. The Bertz CT molecular complexity index is 917. The minimum atomic E-state index is -0.0525.